The third-order valence-corrected chi connectivity index (χ3v) is 3.56. The maximum atomic E-state index is 13.5. The fourth-order valence-electron chi connectivity index (χ4n) is 2.57. The summed E-state index contributed by atoms with van der Waals surface area (Å²) in [7, 11) is 1.79. The van der Waals surface area contributed by atoms with Crippen LogP contribution in [0.2, 0.25) is 0 Å². The largest absolute Gasteiger partial charge is 0.309 e. The van der Waals surface area contributed by atoms with E-state index in [1.54, 1.807) is 19.3 Å². The van der Waals surface area contributed by atoms with Gasteiger partial charge in [0.1, 0.15) is 0 Å². The summed E-state index contributed by atoms with van der Waals surface area (Å²) in [5.41, 5.74) is 2.53. The summed E-state index contributed by atoms with van der Waals surface area (Å²) >= 11 is 0. The van der Waals surface area contributed by atoms with Gasteiger partial charge in [-0.05, 0) is 42.4 Å². The maximum Gasteiger partial charge on any atom is 0.159 e. The Morgan fingerprint density at radius 2 is 1.86 bits per heavy atom. The minimum Gasteiger partial charge on any atom is -0.309 e. The first-order valence-corrected chi connectivity index (χ1v) is 6.66. The molecule has 2 aromatic carbocycles. The Hall–Kier alpha value is -2.33. The summed E-state index contributed by atoms with van der Waals surface area (Å²) in [5, 5.41) is 4.15. The van der Waals surface area contributed by atoms with Crippen molar-refractivity contribution < 1.29 is 8.78 Å². The first-order valence-electron chi connectivity index (χ1n) is 6.66. The van der Waals surface area contributed by atoms with Gasteiger partial charge >= 0.3 is 0 Å². The van der Waals surface area contributed by atoms with Gasteiger partial charge in [0.2, 0.25) is 0 Å². The van der Waals surface area contributed by atoms with Crippen molar-refractivity contribution in [3.05, 3.63) is 77.5 Å². The zero-order chi connectivity index (χ0) is 14.8. The number of hydrogen-bond acceptors (Lipinski definition) is 2. The summed E-state index contributed by atoms with van der Waals surface area (Å²) in [6, 6.07) is 13.4. The fourth-order valence-corrected chi connectivity index (χ4v) is 2.57. The number of benzene rings is 2. The predicted molar refractivity (Wildman–Crippen MR) is 79.0 cm³/mol. The number of rotatable bonds is 3. The van der Waals surface area contributed by atoms with Gasteiger partial charge in [0.15, 0.2) is 11.6 Å². The Morgan fingerprint density at radius 1 is 1.00 bits per heavy atom. The Morgan fingerprint density at radius 3 is 2.62 bits per heavy atom. The number of nitrogens with one attached hydrogen (secondary N) is 1. The van der Waals surface area contributed by atoms with Crippen molar-refractivity contribution in [1.82, 2.24) is 10.3 Å². The van der Waals surface area contributed by atoms with Gasteiger partial charge in [0.25, 0.3) is 0 Å². The molecule has 3 aromatic rings. The van der Waals surface area contributed by atoms with Crippen molar-refractivity contribution >= 4 is 10.9 Å². The molecule has 1 heterocycles. The van der Waals surface area contributed by atoms with E-state index in [1.165, 1.54) is 6.07 Å². The van der Waals surface area contributed by atoms with Crippen LogP contribution in [0.3, 0.4) is 0 Å². The Labute approximate surface area is 121 Å². The molecule has 0 saturated heterocycles. The molecule has 0 amide bonds. The molecule has 21 heavy (non-hydrogen) atoms. The van der Waals surface area contributed by atoms with Gasteiger partial charge < -0.3 is 5.32 Å². The van der Waals surface area contributed by atoms with Gasteiger partial charge in [-0.3, -0.25) is 4.98 Å². The quantitative estimate of drug-likeness (QED) is 0.791. The van der Waals surface area contributed by atoms with E-state index in [9.17, 15) is 8.78 Å². The molecule has 1 unspecified atom stereocenters. The molecule has 2 nitrogen and oxygen atoms in total. The van der Waals surface area contributed by atoms with Gasteiger partial charge in [-0.15, -0.1) is 0 Å². The minimum absolute atomic E-state index is 0.229. The van der Waals surface area contributed by atoms with Gasteiger partial charge in [-0.2, -0.15) is 0 Å². The van der Waals surface area contributed by atoms with Crippen LogP contribution in [-0.2, 0) is 0 Å². The Kier molecular flexibility index (Phi) is 3.62. The number of fused-ring (bicyclic) bond motifs is 1. The highest BCUT2D eigenvalue weighted by Gasteiger charge is 2.16. The van der Waals surface area contributed by atoms with Crippen molar-refractivity contribution in [2.75, 3.05) is 7.05 Å². The fraction of sp³-hybridized carbons (Fsp3) is 0.118. The first-order chi connectivity index (χ1) is 10.2. The van der Waals surface area contributed by atoms with Crippen LogP contribution in [0.5, 0.6) is 0 Å². The van der Waals surface area contributed by atoms with Crippen LogP contribution in [0.25, 0.3) is 10.9 Å². The highest BCUT2D eigenvalue weighted by molar-refractivity contribution is 5.82. The second-order valence-electron chi connectivity index (χ2n) is 4.81. The minimum atomic E-state index is -0.842. The van der Waals surface area contributed by atoms with Crippen LogP contribution in [0.1, 0.15) is 17.2 Å². The van der Waals surface area contributed by atoms with Crippen molar-refractivity contribution in [2.24, 2.45) is 0 Å². The molecule has 0 radical (unpaired) electrons. The molecule has 0 aliphatic rings. The lowest BCUT2D eigenvalue weighted by atomic mass is 9.95. The first kappa shape index (κ1) is 13.6. The second kappa shape index (κ2) is 5.58. The van der Waals surface area contributed by atoms with Crippen molar-refractivity contribution in [2.45, 2.75) is 6.04 Å². The molecule has 3 rings (SSSR count). The molecule has 1 N–H and O–H groups in total. The van der Waals surface area contributed by atoms with Crippen LogP contribution in [0, 0.1) is 11.6 Å². The van der Waals surface area contributed by atoms with E-state index in [4.69, 9.17) is 0 Å². The van der Waals surface area contributed by atoms with E-state index >= 15 is 0 Å². The van der Waals surface area contributed by atoms with E-state index in [-0.39, 0.29) is 6.04 Å². The molecule has 0 spiro atoms. The normalized spacial score (nSPS) is 12.5. The van der Waals surface area contributed by atoms with Crippen LogP contribution in [-0.4, -0.2) is 12.0 Å². The van der Waals surface area contributed by atoms with Crippen LogP contribution < -0.4 is 5.32 Å². The highest BCUT2D eigenvalue weighted by atomic mass is 19.2. The third-order valence-electron chi connectivity index (χ3n) is 3.56. The summed E-state index contributed by atoms with van der Waals surface area (Å²) in [5.74, 6) is -1.68. The molecular weight excluding hydrogens is 270 g/mol. The molecule has 1 aromatic heterocycles. The summed E-state index contributed by atoms with van der Waals surface area (Å²) in [6.45, 7) is 0. The van der Waals surface area contributed by atoms with Crippen LogP contribution >= 0.6 is 0 Å². The molecule has 0 saturated carbocycles. The van der Waals surface area contributed by atoms with E-state index < -0.39 is 11.6 Å². The lowest BCUT2D eigenvalue weighted by Gasteiger charge is -2.19. The maximum absolute atomic E-state index is 13.5. The van der Waals surface area contributed by atoms with E-state index in [0.717, 1.165) is 22.5 Å². The second-order valence-corrected chi connectivity index (χ2v) is 4.81. The number of pyridine rings is 1. The molecule has 0 fully saturated rings. The smallest absolute Gasteiger partial charge is 0.159 e. The lowest BCUT2D eigenvalue weighted by Crippen LogP contribution is -2.18. The van der Waals surface area contributed by atoms with Gasteiger partial charge in [0.05, 0.1) is 11.6 Å². The summed E-state index contributed by atoms with van der Waals surface area (Å²) in [4.78, 5) is 4.32. The molecule has 0 bridgehead atoms. The lowest BCUT2D eigenvalue weighted by molar-refractivity contribution is 0.505. The average molecular weight is 284 g/mol. The monoisotopic (exact) mass is 284 g/mol. The Bertz CT molecular complexity index is 781. The Balaban J connectivity index is 2.16. The van der Waals surface area contributed by atoms with Gasteiger partial charge in [-0.1, -0.05) is 24.3 Å². The summed E-state index contributed by atoms with van der Waals surface area (Å²) in [6.07, 6.45) is 1.73. The molecule has 0 aliphatic carbocycles. The van der Waals surface area contributed by atoms with E-state index in [2.05, 4.69) is 10.3 Å². The highest BCUT2D eigenvalue weighted by Crippen LogP contribution is 2.28. The summed E-state index contributed by atoms with van der Waals surface area (Å²) < 4.78 is 26.6. The third kappa shape index (κ3) is 2.50. The van der Waals surface area contributed by atoms with Gasteiger partial charge in [0, 0.05) is 11.6 Å². The molecule has 1 atom stereocenters. The molecule has 106 valence electrons. The number of hydrogen-bond donors (Lipinski definition) is 1. The number of nitrogens with zero attached hydrogens (tertiary/aromatic N) is 1. The number of halogens is 2. The molecule has 0 aliphatic heterocycles. The van der Waals surface area contributed by atoms with Crippen molar-refractivity contribution in [3.8, 4) is 0 Å². The van der Waals surface area contributed by atoms with Gasteiger partial charge in [-0.25, -0.2) is 8.78 Å². The SMILES string of the molecule is CNC(c1ccc(F)c(F)c1)c1cccc2ncccc12. The molecular formula is C17H14F2N2. The predicted octanol–water partition coefficient (Wildman–Crippen LogP) is 3.82. The van der Waals surface area contributed by atoms with Crippen molar-refractivity contribution in [1.29, 1.82) is 0 Å². The van der Waals surface area contributed by atoms with E-state index in [1.807, 2.05) is 30.3 Å². The van der Waals surface area contributed by atoms with Crippen LogP contribution in [0.15, 0.2) is 54.7 Å². The average Bonchev–Trinajstić information content (AvgIpc) is 2.52. The topological polar surface area (TPSA) is 24.9 Å². The van der Waals surface area contributed by atoms with E-state index in [0.29, 0.717) is 5.56 Å². The van der Waals surface area contributed by atoms with Crippen LogP contribution in [0.4, 0.5) is 8.78 Å². The standard InChI is InChI=1S/C17H14F2N2/c1-20-17(11-7-8-14(18)15(19)10-11)13-4-2-6-16-12(13)5-3-9-21-16/h2-10,17,20H,1H3. The zero-order valence-corrected chi connectivity index (χ0v) is 11.5. The molecule has 4 heteroatoms. The zero-order valence-electron chi connectivity index (χ0n) is 11.5. The number of aromatic nitrogens is 1. The van der Waals surface area contributed by atoms with Crippen molar-refractivity contribution in [3.63, 3.8) is 0 Å².